The van der Waals surface area contributed by atoms with Gasteiger partial charge in [-0.1, -0.05) is 6.07 Å². The first-order chi connectivity index (χ1) is 7.48. The van der Waals surface area contributed by atoms with Gasteiger partial charge in [-0.05, 0) is 34.5 Å². The number of halogens is 1. The molecular formula is C10H13BrN2O2S. The molecule has 0 aromatic carbocycles. The molecule has 2 rings (SSSR count). The summed E-state index contributed by atoms with van der Waals surface area (Å²) < 4.78 is 23.5. The van der Waals surface area contributed by atoms with Gasteiger partial charge in [-0.3, -0.25) is 0 Å². The molecule has 1 aliphatic rings. The number of pyridine rings is 1. The Morgan fingerprint density at radius 2 is 2.25 bits per heavy atom. The lowest BCUT2D eigenvalue weighted by atomic mass is 10.2. The summed E-state index contributed by atoms with van der Waals surface area (Å²) in [7, 11) is -0.951. The van der Waals surface area contributed by atoms with Crippen molar-refractivity contribution < 1.29 is 8.42 Å². The lowest BCUT2D eigenvalue weighted by Crippen LogP contribution is -2.33. The van der Waals surface area contributed by atoms with E-state index in [1.807, 2.05) is 30.1 Å². The van der Waals surface area contributed by atoms with Crippen molar-refractivity contribution in [2.24, 2.45) is 0 Å². The lowest BCUT2D eigenvalue weighted by molar-refractivity contribution is 0.600. The first kappa shape index (κ1) is 11.9. The Hall–Kier alpha value is -0.620. The van der Waals surface area contributed by atoms with Gasteiger partial charge < -0.3 is 4.90 Å². The Balaban J connectivity index is 2.17. The van der Waals surface area contributed by atoms with E-state index in [1.165, 1.54) is 0 Å². The number of aromatic nitrogens is 1. The minimum Gasteiger partial charge on any atom is -0.356 e. The summed E-state index contributed by atoms with van der Waals surface area (Å²) in [6.45, 7) is 0. The summed E-state index contributed by atoms with van der Waals surface area (Å²) in [6, 6.07) is 5.68. The molecule has 0 N–H and O–H groups in total. The highest BCUT2D eigenvalue weighted by molar-refractivity contribution is 9.10. The minimum atomic E-state index is -2.84. The van der Waals surface area contributed by atoms with Crippen LogP contribution in [0, 0.1) is 0 Å². The van der Waals surface area contributed by atoms with E-state index in [-0.39, 0.29) is 17.5 Å². The Bertz CT molecular complexity index is 489. The molecule has 1 atom stereocenters. The monoisotopic (exact) mass is 304 g/mol. The molecule has 6 heteroatoms. The van der Waals surface area contributed by atoms with Crippen molar-refractivity contribution in [3.63, 3.8) is 0 Å². The number of anilines is 1. The molecule has 0 spiro atoms. The van der Waals surface area contributed by atoms with E-state index in [4.69, 9.17) is 0 Å². The number of nitrogens with zero attached hydrogens (tertiary/aromatic N) is 2. The number of hydrogen-bond acceptors (Lipinski definition) is 4. The number of sulfone groups is 1. The highest BCUT2D eigenvalue weighted by Gasteiger charge is 2.31. The zero-order valence-corrected chi connectivity index (χ0v) is 11.3. The number of rotatable bonds is 2. The molecule has 2 heterocycles. The fraction of sp³-hybridized carbons (Fsp3) is 0.500. The maximum absolute atomic E-state index is 11.4. The summed E-state index contributed by atoms with van der Waals surface area (Å²) in [6.07, 6.45) is 0.688. The average Bonchev–Trinajstić information content (AvgIpc) is 2.58. The van der Waals surface area contributed by atoms with Gasteiger partial charge >= 0.3 is 0 Å². The van der Waals surface area contributed by atoms with Gasteiger partial charge in [-0.15, -0.1) is 0 Å². The smallest absolute Gasteiger partial charge is 0.152 e. The molecule has 1 saturated heterocycles. The minimum absolute atomic E-state index is 0.0480. The van der Waals surface area contributed by atoms with Crippen LogP contribution in [0.1, 0.15) is 6.42 Å². The predicted molar refractivity (Wildman–Crippen MR) is 67.4 cm³/mol. The highest BCUT2D eigenvalue weighted by Crippen LogP contribution is 2.22. The molecule has 1 aromatic heterocycles. The normalized spacial score (nSPS) is 23.2. The molecule has 1 aromatic rings. The molecule has 0 aliphatic carbocycles. The molecule has 0 bridgehead atoms. The van der Waals surface area contributed by atoms with Gasteiger partial charge in [0.25, 0.3) is 0 Å². The first-order valence-electron chi connectivity index (χ1n) is 5.04. The summed E-state index contributed by atoms with van der Waals surface area (Å²) in [5.41, 5.74) is 0. The standard InChI is InChI=1S/C10H13BrN2O2S/c1-13(8-5-6-16(14,15)7-8)10-4-2-3-9(11)12-10/h2-4,8H,5-7H2,1H3. The zero-order valence-electron chi connectivity index (χ0n) is 8.93. The SMILES string of the molecule is CN(c1cccc(Br)n1)C1CCS(=O)(=O)C1. The maximum atomic E-state index is 11.4. The molecular weight excluding hydrogens is 292 g/mol. The first-order valence-corrected chi connectivity index (χ1v) is 7.65. The van der Waals surface area contributed by atoms with Crippen LogP contribution in [0.15, 0.2) is 22.8 Å². The van der Waals surface area contributed by atoms with Crippen LogP contribution in [-0.2, 0) is 9.84 Å². The Morgan fingerprint density at radius 3 is 2.81 bits per heavy atom. The van der Waals surface area contributed by atoms with Crippen LogP contribution in [0.2, 0.25) is 0 Å². The summed E-state index contributed by atoms with van der Waals surface area (Å²) >= 11 is 3.31. The topological polar surface area (TPSA) is 50.3 Å². The largest absolute Gasteiger partial charge is 0.356 e. The van der Waals surface area contributed by atoms with E-state index in [0.717, 1.165) is 10.4 Å². The van der Waals surface area contributed by atoms with E-state index < -0.39 is 9.84 Å². The quantitative estimate of drug-likeness (QED) is 0.776. The van der Waals surface area contributed by atoms with Crippen molar-refractivity contribution in [3.8, 4) is 0 Å². The molecule has 1 fully saturated rings. The molecule has 88 valence electrons. The third-order valence-electron chi connectivity index (χ3n) is 2.82. The highest BCUT2D eigenvalue weighted by atomic mass is 79.9. The fourth-order valence-electron chi connectivity index (χ4n) is 1.86. The van der Waals surface area contributed by atoms with E-state index in [2.05, 4.69) is 20.9 Å². The van der Waals surface area contributed by atoms with Gasteiger partial charge in [0, 0.05) is 13.1 Å². The van der Waals surface area contributed by atoms with Gasteiger partial charge in [0.1, 0.15) is 10.4 Å². The Labute approximate surface area is 104 Å². The van der Waals surface area contributed by atoms with Crippen LogP contribution < -0.4 is 4.90 Å². The van der Waals surface area contributed by atoms with Crippen molar-refractivity contribution in [1.82, 2.24) is 4.98 Å². The zero-order chi connectivity index (χ0) is 11.8. The summed E-state index contributed by atoms with van der Waals surface area (Å²) in [4.78, 5) is 6.25. The van der Waals surface area contributed by atoms with E-state index in [9.17, 15) is 8.42 Å². The van der Waals surface area contributed by atoms with Gasteiger partial charge in [0.15, 0.2) is 9.84 Å². The second kappa shape index (κ2) is 4.33. The fourth-order valence-corrected chi connectivity index (χ4v) is 3.97. The molecule has 16 heavy (non-hydrogen) atoms. The van der Waals surface area contributed by atoms with Crippen molar-refractivity contribution in [2.75, 3.05) is 23.5 Å². The summed E-state index contributed by atoms with van der Waals surface area (Å²) in [5.74, 6) is 1.32. The van der Waals surface area contributed by atoms with Crippen LogP contribution in [-0.4, -0.2) is 38.0 Å². The molecule has 0 amide bonds. The van der Waals surface area contributed by atoms with Crippen LogP contribution in [0.25, 0.3) is 0 Å². The summed E-state index contributed by atoms with van der Waals surface area (Å²) in [5, 5.41) is 0. The number of hydrogen-bond donors (Lipinski definition) is 0. The van der Waals surface area contributed by atoms with Crippen LogP contribution in [0.4, 0.5) is 5.82 Å². The van der Waals surface area contributed by atoms with Crippen LogP contribution in [0.3, 0.4) is 0 Å². The third kappa shape index (κ3) is 2.55. The molecule has 1 aliphatic heterocycles. The third-order valence-corrected chi connectivity index (χ3v) is 5.01. The lowest BCUT2D eigenvalue weighted by Gasteiger charge is -2.24. The van der Waals surface area contributed by atoms with Gasteiger partial charge in [-0.25, -0.2) is 13.4 Å². The average molecular weight is 305 g/mol. The predicted octanol–water partition coefficient (Wildman–Crippen LogP) is 1.47. The van der Waals surface area contributed by atoms with Gasteiger partial charge in [0.2, 0.25) is 0 Å². The van der Waals surface area contributed by atoms with E-state index in [0.29, 0.717) is 6.42 Å². The van der Waals surface area contributed by atoms with E-state index >= 15 is 0 Å². The Morgan fingerprint density at radius 1 is 1.50 bits per heavy atom. The molecule has 0 saturated carbocycles. The molecule has 1 unspecified atom stereocenters. The van der Waals surface area contributed by atoms with Crippen molar-refractivity contribution in [1.29, 1.82) is 0 Å². The molecule has 0 radical (unpaired) electrons. The van der Waals surface area contributed by atoms with Crippen molar-refractivity contribution in [3.05, 3.63) is 22.8 Å². The van der Waals surface area contributed by atoms with Gasteiger partial charge in [0.05, 0.1) is 11.5 Å². The van der Waals surface area contributed by atoms with Crippen LogP contribution in [0.5, 0.6) is 0 Å². The Kier molecular flexibility index (Phi) is 3.21. The van der Waals surface area contributed by atoms with Gasteiger partial charge in [-0.2, -0.15) is 0 Å². The van der Waals surface area contributed by atoms with Crippen molar-refractivity contribution >= 4 is 31.6 Å². The van der Waals surface area contributed by atoms with Crippen LogP contribution >= 0.6 is 15.9 Å². The van der Waals surface area contributed by atoms with Crippen molar-refractivity contribution in [2.45, 2.75) is 12.5 Å². The second-order valence-corrected chi connectivity index (χ2v) is 7.03. The second-order valence-electron chi connectivity index (χ2n) is 3.99. The maximum Gasteiger partial charge on any atom is 0.152 e. The van der Waals surface area contributed by atoms with E-state index in [1.54, 1.807) is 0 Å². The molecule has 4 nitrogen and oxygen atoms in total.